The van der Waals surface area contributed by atoms with Crippen molar-refractivity contribution in [1.82, 2.24) is 0 Å². The molecule has 0 N–H and O–H groups in total. The lowest BCUT2D eigenvalue weighted by Gasteiger charge is -2.12. The van der Waals surface area contributed by atoms with Crippen molar-refractivity contribution in [3.63, 3.8) is 0 Å². The fourth-order valence-corrected chi connectivity index (χ4v) is 2.66. The molecule has 3 aromatic rings. The second-order valence-electron chi connectivity index (χ2n) is 7.64. The van der Waals surface area contributed by atoms with E-state index in [1.807, 2.05) is 100 Å². The maximum absolute atomic E-state index is 11.9. The van der Waals surface area contributed by atoms with Crippen LogP contribution in [0.2, 0.25) is 0 Å². The van der Waals surface area contributed by atoms with Crippen LogP contribution in [0.5, 0.6) is 11.5 Å². The standard InChI is InChI=1S/C17H18O2.C11H14O2/c1-3-13(2)17(18)19-16-12-8-7-11-15(16)14-9-5-4-6-10-14;1-3-9(2)11(12)13-10-7-5-4-6-8-10/h4-13H,3H2,1-2H3;4-9H,3H2,1-2H3. The minimum atomic E-state index is -0.175. The molecule has 0 spiro atoms. The molecule has 0 saturated carbocycles. The van der Waals surface area contributed by atoms with Crippen LogP contribution in [-0.2, 0) is 9.59 Å². The van der Waals surface area contributed by atoms with E-state index in [2.05, 4.69) is 0 Å². The van der Waals surface area contributed by atoms with Gasteiger partial charge in [0.25, 0.3) is 0 Å². The Kier molecular flexibility index (Phi) is 10.2. The van der Waals surface area contributed by atoms with E-state index in [0.717, 1.165) is 24.0 Å². The van der Waals surface area contributed by atoms with Gasteiger partial charge in [-0.05, 0) is 36.6 Å². The van der Waals surface area contributed by atoms with E-state index in [1.54, 1.807) is 12.1 Å². The Bertz CT molecular complexity index is 967. The number of benzene rings is 3. The molecule has 2 unspecified atom stereocenters. The van der Waals surface area contributed by atoms with E-state index in [-0.39, 0.29) is 23.8 Å². The van der Waals surface area contributed by atoms with Crippen LogP contribution in [0, 0.1) is 11.8 Å². The predicted octanol–water partition coefficient (Wildman–Crippen LogP) is 6.94. The normalized spacial score (nSPS) is 12.0. The zero-order chi connectivity index (χ0) is 23.3. The zero-order valence-corrected chi connectivity index (χ0v) is 19.3. The topological polar surface area (TPSA) is 52.6 Å². The maximum Gasteiger partial charge on any atom is 0.314 e. The highest BCUT2D eigenvalue weighted by Crippen LogP contribution is 2.30. The fourth-order valence-electron chi connectivity index (χ4n) is 2.66. The van der Waals surface area contributed by atoms with Gasteiger partial charge in [-0.15, -0.1) is 0 Å². The predicted molar refractivity (Wildman–Crippen MR) is 129 cm³/mol. The summed E-state index contributed by atoms with van der Waals surface area (Å²) in [5.74, 6) is 0.801. The van der Waals surface area contributed by atoms with Gasteiger partial charge in [0.1, 0.15) is 11.5 Å². The van der Waals surface area contributed by atoms with Crippen molar-refractivity contribution in [3.8, 4) is 22.6 Å². The summed E-state index contributed by atoms with van der Waals surface area (Å²) >= 11 is 0. The molecular formula is C28H32O4. The van der Waals surface area contributed by atoms with Crippen molar-refractivity contribution in [3.05, 3.63) is 84.9 Å². The molecule has 0 fully saturated rings. The molecule has 0 amide bonds. The second kappa shape index (κ2) is 13.1. The Morgan fingerprint density at radius 2 is 1.12 bits per heavy atom. The fraction of sp³-hybridized carbons (Fsp3) is 0.286. The monoisotopic (exact) mass is 432 g/mol. The summed E-state index contributed by atoms with van der Waals surface area (Å²) in [6.07, 6.45) is 1.60. The van der Waals surface area contributed by atoms with Gasteiger partial charge in [0, 0.05) is 5.56 Å². The summed E-state index contributed by atoms with van der Waals surface area (Å²) in [6, 6.07) is 26.7. The average molecular weight is 433 g/mol. The number of carbonyl (C=O) groups excluding carboxylic acids is 2. The Morgan fingerprint density at radius 3 is 1.69 bits per heavy atom. The van der Waals surface area contributed by atoms with Crippen LogP contribution >= 0.6 is 0 Å². The molecule has 2 atom stereocenters. The molecule has 0 aliphatic rings. The molecule has 3 aromatic carbocycles. The Morgan fingerprint density at radius 1 is 0.656 bits per heavy atom. The van der Waals surface area contributed by atoms with Gasteiger partial charge in [-0.1, -0.05) is 94.4 Å². The van der Waals surface area contributed by atoms with Crippen molar-refractivity contribution in [1.29, 1.82) is 0 Å². The van der Waals surface area contributed by atoms with Crippen molar-refractivity contribution in [2.24, 2.45) is 11.8 Å². The first-order valence-corrected chi connectivity index (χ1v) is 11.1. The zero-order valence-electron chi connectivity index (χ0n) is 19.3. The summed E-state index contributed by atoms with van der Waals surface area (Å²) in [7, 11) is 0. The van der Waals surface area contributed by atoms with Crippen LogP contribution in [-0.4, -0.2) is 11.9 Å². The number of hydrogen-bond acceptors (Lipinski definition) is 4. The maximum atomic E-state index is 11.9. The number of ether oxygens (including phenoxy) is 2. The van der Waals surface area contributed by atoms with Crippen LogP contribution in [0.1, 0.15) is 40.5 Å². The van der Waals surface area contributed by atoms with Crippen molar-refractivity contribution in [2.45, 2.75) is 40.5 Å². The van der Waals surface area contributed by atoms with Gasteiger partial charge in [-0.3, -0.25) is 9.59 Å². The van der Waals surface area contributed by atoms with Gasteiger partial charge in [-0.2, -0.15) is 0 Å². The smallest absolute Gasteiger partial charge is 0.314 e. The largest absolute Gasteiger partial charge is 0.426 e. The van der Waals surface area contributed by atoms with E-state index < -0.39 is 0 Å². The molecule has 3 rings (SSSR count). The van der Waals surface area contributed by atoms with Gasteiger partial charge in [0.05, 0.1) is 11.8 Å². The van der Waals surface area contributed by atoms with Crippen LogP contribution < -0.4 is 9.47 Å². The average Bonchev–Trinajstić information content (AvgIpc) is 2.84. The van der Waals surface area contributed by atoms with E-state index in [4.69, 9.17) is 9.47 Å². The minimum Gasteiger partial charge on any atom is -0.426 e. The SMILES string of the molecule is CCC(C)C(=O)Oc1ccccc1.CCC(C)C(=O)Oc1ccccc1-c1ccccc1. The van der Waals surface area contributed by atoms with E-state index >= 15 is 0 Å². The van der Waals surface area contributed by atoms with Gasteiger partial charge in [0.2, 0.25) is 0 Å². The Labute approximate surface area is 191 Å². The first kappa shape index (κ1) is 24.9. The van der Waals surface area contributed by atoms with E-state index in [9.17, 15) is 9.59 Å². The first-order valence-electron chi connectivity index (χ1n) is 11.1. The molecular weight excluding hydrogens is 400 g/mol. The summed E-state index contributed by atoms with van der Waals surface area (Å²) in [6.45, 7) is 7.70. The highest BCUT2D eigenvalue weighted by atomic mass is 16.5. The van der Waals surface area contributed by atoms with Gasteiger partial charge in [0.15, 0.2) is 0 Å². The number of carbonyl (C=O) groups is 2. The van der Waals surface area contributed by atoms with E-state index in [0.29, 0.717) is 11.5 Å². The molecule has 0 aliphatic heterocycles. The van der Waals surface area contributed by atoms with Gasteiger partial charge in [-0.25, -0.2) is 0 Å². The highest BCUT2D eigenvalue weighted by Gasteiger charge is 2.15. The summed E-state index contributed by atoms with van der Waals surface area (Å²) in [5, 5.41) is 0. The lowest BCUT2D eigenvalue weighted by molar-refractivity contribution is -0.139. The quantitative estimate of drug-likeness (QED) is 0.300. The first-order chi connectivity index (χ1) is 15.5. The highest BCUT2D eigenvalue weighted by molar-refractivity contribution is 5.79. The Balaban J connectivity index is 0.000000244. The van der Waals surface area contributed by atoms with Gasteiger partial charge >= 0.3 is 11.9 Å². The third-order valence-electron chi connectivity index (χ3n) is 5.17. The molecule has 0 aromatic heterocycles. The third kappa shape index (κ3) is 7.69. The number of hydrogen-bond donors (Lipinski definition) is 0. The molecule has 4 heteroatoms. The number of para-hydroxylation sites is 2. The molecule has 168 valence electrons. The van der Waals surface area contributed by atoms with E-state index in [1.165, 1.54) is 0 Å². The minimum absolute atomic E-state index is 0.0276. The molecule has 32 heavy (non-hydrogen) atoms. The summed E-state index contributed by atoms with van der Waals surface area (Å²) in [5.41, 5.74) is 2.00. The Hall–Kier alpha value is -3.40. The van der Waals surface area contributed by atoms with Crippen LogP contribution in [0.3, 0.4) is 0 Å². The number of rotatable bonds is 7. The van der Waals surface area contributed by atoms with Crippen molar-refractivity contribution in [2.75, 3.05) is 0 Å². The lowest BCUT2D eigenvalue weighted by atomic mass is 10.0. The molecule has 0 aliphatic carbocycles. The second-order valence-corrected chi connectivity index (χ2v) is 7.64. The summed E-state index contributed by atoms with van der Waals surface area (Å²) in [4.78, 5) is 23.2. The van der Waals surface area contributed by atoms with Crippen molar-refractivity contribution < 1.29 is 19.1 Å². The molecule has 0 heterocycles. The number of esters is 2. The molecule has 0 radical (unpaired) electrons. The van der Waals surface area contributed by atoms with Crippen LogP contribution in [0.15, 0.2) is 84.9 Å². The lowest BCUT2D eigenvalue weighted by Crippen LogP contribution is -2.17. The molecule has 0 saturated heterocycles. The molecule has 4 nitrogen and oxygen atoms in total. The summed E-state index contributed by atoms with van der Waals surface area (Å²) < 4.78 is 10.6. The van der Waals surface area contributed by atoms with Crippen molar-refractivity contribution >= 4 is 11.9 Å². The van der Waals surface area contributed by atoms with Crippen LogP contribution in [0.4, 0.5) is 0 Å². The van der Waals surface area contributed by atoms with Gasteiger partial charge < -0.3 is 9.47 Å². The van der Waals surface area contributed by atoms with Crippen LogP contribution in [0.25, 0.3) is 11.1 Å². The third-order valence-corrected chi connectivity index (χ3v) is 5.17. The molecule has 0 bridgehead atoms.